The fraction of sp³-hybridized carbons (Fsp3) is 0.167. The monoisotopic (exact) mass is 284 g/mol. The van der Waals surface area contributed by atoms with Crippen LogP contribution in [0.3, 0.4) is 0 Å². The van der Waals surface area contributed by atoms with Crippen LogP contribution in [0.15, 0.2) is 36.7 Å². The summed E-state index contributed by atoms with van der Waals surface area (Å²) in [4.78, 5) is 7.69. The first-order valence-electron chi connectivity index (χ1n) is 5.56. The first kappa shape index (κ1) is 13.9. The Morgan fingerprint density at radius 1 is 1.15 bits per heavy atom. The van der Waals surface area contributed by atoms with Crippen LogP contribution >= 0.6 is 0 Å². The Morgan fingerprint density at radius 2 is 1.85 bits per heavy atom. The quantitative estimate of drug-likeness (QED) is 0.903. The number of alkyl halides is 3. The number of ether oxygens (including phenoxy) is 1. The van der Waals surface area contributed by atoms with Crippen molar-refractivity contribution in [3.63, 3.8) is 0 Å². The largest absolute Gasteiger partial charge is 0.484 e. The molecule has 0 unspecified atom stereocenters. The van der Waals surface area contributed by atoms with Gasteiger partial charge in [0.25, 0.3) is 0 Å². The van der Waals surface area contributed by atoms with Gasteiger partial charge in [0, 0.05) is 11.8 Å². The van der Waals surface area contributed by atoms with Crippen LogP contribution in [0, 0.1) is 0 Å². The average molecular weight is 284 g/mol. The summed E-state index contributed by atoms with van der Waals surface area (Å²) in [5, 5.41) is 2.94. The molecule has 0 amide bonds. The van der Waals surface area contributed by atoms with E-state index in [0.29, 0.717) is 17.3 Å². The lowest BCUT2D eigenvalue weighted by atomic mass is 10.3. The number of hydrogen-bond donors (Lipinski definition) is 2. The number of benzene rings is 1. The molecule has 0 aliphatic carbocycles. The first-order chi connectivity index (χ1) is 9.42. The Bertz CT molecular complexity index is 572. The summed E-state index contributed by atoms with van der Waals surface area (Å²) in [5.41, 5.74) is 6.14. The highest BCUT2D eigenvalue weighted by molar-refractivity contribution is 5.58. The van der Waals surface area contributed by atoms with Crippen molar-refractivity contribution in [2.24, 2.45) is 0 Å². The normalized spacial score (nSPS) is 11.2. The van der Waals surface area contributed by atoms with Crippen molar-refractivity contribution >= 4 is 17.3 Å². The van der Waals surface area contributed by atoms with E-state index in [2.05, 4.69) is 20.0 Å². The summed E-state index contributed by atoms with van der Waals surface area (Å²) in [6.45, 7) is -1.32. The smallest absolute Gasteiger partial charge is 0.422 e. The molecule has 0 aliphatic rings. The van der Waals surface area contributed by atoms with Gasteiger partial charge in [-0.25, -0.2) is 9.97 Å². The molecule has 5 nitrogen and oxygen atoms in total. The molecule has 106 valence electrons. The summed E-state index contributed by atoms with van der Waals surface area (Å²) in [6.07, 6.45) is -3.05. The Hall–Kier alpha value is -2.51. The van der Waals surface area contributed by atoms with Gasteiger partial charge in [-0.2, -0.15) is 13.2 Å². The van der Waals surface area contributed by atoms with Crippen LogP contribution in [0.25, 0.3) is 0 Å². The molecule has 0 saturated carbocycles. The number of halogens is 3. The molecular formula is C12H11F3N4O. The van der Waals surface area contributed by atoms with E-state index in [4.69, 9.17) is 5.73 Å². The SMILES string of the molecule is Nc1cc(Nc2ccc(OCC(F)(F)F)cc2)ncn1. The predicted octanol–water partition coefficient (Wildman–Crippen LogP) is 2.74. The molecule has 0 spiro atoms. The van der Waals surface area contributed by atoms with E-state index >= 15 is 0 Å². The molecule has 2 aromatic rings. The Labute approximate surface area is 112 Å². The Morgan fingerprint density at radius 3 is 2.45 bits per heavy atom. The van der Waals surface area contributed by atoms with E-state index in [1.807, 2.05) is 0 Å². The molecule has 0 fully saturated rings. The molecule has 1 aromatic heterocycles. The molecule has 0 atom stereocenters. The van der Waals surface area contributed by atoms with E-state index in [1.165, 1.54) is 24.5 Å². The standard InChI is InChI=1S/C12H11F3N4O/c13-12(14,15)6-20-9-3-1-8(2-4-9)19-11-5-10(16)17-7-18-11/h1-5,7H,6H2,(H3,16,17,18,19). The Balaban J connectivity index is 1.98. The van der Waals surface area contributed by atoms with E-state index in [0.717, 1.165) is 0 Å². The van der Waals surface area contributed by atoms with Gasteiger partial charge in [0.2, 0.25) is 0 Å². The second-order valence-corrected chi connectivity index (χ2v) is 3.88. The van der Waals surface area contributed by atoms with E-state index in [9.17, 15) is 13.2 Å². The summed E-state index contributed by atoms with van der Waals surface area (Å²) < 4.78 is 40.5. The van der Waals surface area contributed by atoms with Crippen molar-refractivity contribution in [3.8, 4) is 5.75 Å². The lowest BCUT2D eigenvalue weighted by Gasteiger charge is -2.10. The maximum atomic E-state index is 12.0. The zero-order chi connectivity index (χ0) is 14.6. The Kier molecular flexibility index (Phi) is 3.92. The lowest BCUT2D eigenvalue weighted by Crippen LogP contribution is -2.19. The van der Waals surface area contributed by atoms with Crippen molar-refractivity contribution in [1.29, 1.82) is 0 Å². The second-order valence-electron chi connectivity index (χ2n) is 3.88. The van der Waals surface area contributed by atoms with Gasteiger partial charge in [0.1, 0.15) is 23.7 Å². The van der Waals surface area contributed by atoms with Gasteiger partial charge in [-0.15, -0.1) is 0 Å². The summed E-state index contributed by atoms with van der Waals surface area (Å²) in [5.74, 6) is 0.934. The molecule has 0 bridgehead atoms. The number of nitrogens with two attached hydrogens (primary N) is 1. The number of nitrogens with one attached hydrogen (secondary N) is 1. The van der Waals surface area contributed by atoms with Crippen molar-refractivity contribution in [2.45, 2.75) is 6.18 Å². The van der Waals surface area contributed by atoms with Gasteiger partial charge >= 0.3 is 6.18 Å². The molecule has 8 heteroatoms. The summed E-state index contributed by atoms with van der Waals surface area (Å²) in [7, 11) is 0. The molecule has 0 aliphatic heterocycles. The lowest BCUT2D eigenvalue weighted by molar-refractivity contribution is -0.153. The van der Waals surface area contributed by atoms with Crippen LogP contribution in [0.1, 0.15) is 0 Å². The molecule has 3 N–H and O–H groups in total. The summed E-state index contributed by atoms with van der Waals surface area (Å²) >= 11 is 0. The molecule has 1 aromatic carbocycles. The minimum absolute atomic E-state index is 0.134. The van der Waals surface area contributed by atoms with Crippen molar-refractivity contribution in [1.82, 2.24) is 9.97 Å². The van der Waals surface area contributed by atoms with Crippen LogP contribution in [0.2, 0.25) is 0 Å². The van der Waals surface area contributed by atoms with Gasteiger partial charge in [-0.05, 0) is 24.3 Å². The van der Waals surface area contributed by atoms with E-state index in [1.54, 1.807) is 12.1 Å². The molecular weight excluding hydrogens is 273 g/mol. The van der Waals surface area contributed by atoms with Crippen LogP contribution in [-0.4, -0.2) is 22.8 Å². The highest BCUT2D eigenvalue weighted by Crippen LogP contribution is 2.21. The number of anilines is 3. The number of nitrogen functional groups attached to an aromatic ring is 1. The van der Waals surface area contributed by atoms with Crippen LogP contribution < -0.4 is 15.8 Å². The van der Waals surface area contributed by atoms with Gasteiger partial charge in [0.15, 0.2) is 6.61 Å². The molecule has 20 heavy (non-hydrogen) atoms. The van der Waals surface area contributed by atoms with Crippen molar-refractivity contribution in [3.05, 3.63) is 36.7 Å². The molecule has 0 radical (unpaired) electrons. The number of hydrogen-bond acceptors (Lipinski definition) is 5. The zero-order valence-corrected chi connectivity index (χ0v) is 10.2. The van der Waals surface area contributed by atoms with Gasteiger partial charge in [-0.1, -0.05) is 0 Å². The number of aromatic nitrogens is 2. The third-order valence-corrected chi connectivity index (χ3v) is 2.22. The highest BCUT2D eigenvalue weighted by atomic mass is 19.4. The van der Waals surface area contributed by atoms with E-state index < -0.39 is 12.8 Å². The topological polar surface area (TPSA) is 73.1 Å². The highest BCUT2D eigenvalue weighted by Gasteiger charge is 2.28. The second kappa shape index (κ2) is 5.64. The average Bonchev–Trinajstić information content (AvgIpc) is 2.37. The fourth-order valence-corrected chi connectivity index (χ4v) is 1.39. The molecule has 0 saturated heterocycles. The van der Waals surface area contributed by atoms with E-state index in [-0.39, 0.29) is 5.75 Å². The predicted molar refractivity (Wildman–Crippen MR) is 67.7 cm³/mol. The fourth-order valence-electron chi connectivity index (χ4n) is 1.39. The van der Waals surface area contributed by atoms with Crippen LogP contribution in [-0.2, 0) is 0 Å². The maximum absolute atomic E-state index is 12.0. The maximum Gasteiger partial charge on any atom is 0.422 e. The minimum atomic E-state index is -4.35. The zero-order valence-electron chi connectivity index (χ0n) is 10.2. The first-order valence-corrected chi connectivity index (χ1v) is 5.56. The molecule has 1 heterocycles. The number of nitrogens with zero attached hydrogens (tertiary/aromatic N) is 2. The summed E-state index contributed by atoms with van der Waals surface area (Å²) in [6, 6.07) is 7.54. The third-order valence-electron chi connectivity index (χ3n) is 2.22. The minimum Gasteiger partial charge on any atom is -0.484 e. The number of rotatable bonds is 4. The van der Waals surface area contributed by atoms with Crippen molar-refractivity contribution < 1.29 is 17.9 Å². The van der Waals surface area contributed by atoms with Crippen LogP contribution in [0.4, 0.5) is 30.5 Å². The van der Waals surface area contributed by atoms with Gasteiger partial charge in [0.05, 0.1) is 0 Å². The molecule has 2 rings (SSSR count). The van der Waals surface area contributed by atoms with Gasteiger partial charge < -0.3 is 15.8 Å². The third kappa shape index (κ3) is 4.30. The van der Waals surface area contributed by atoms with Gasteiger partial charge in [-0.3, -0.25) is 0 Å². The van der Waals surface area contributed by atoms with Crippen molar-refractivity contribution in [2.75, 3.05) is 17.7 Å². The van der Waals surface area contributed by atoms with Crippen LogP contribution in [0.5, 0.6) is 5.75 Å².